The second-order valence-electron chi connectivity index (χ2n) is 4.11. The van der Waals surface area contributed by atoms with Crippen molar-refractivity contribution < 1.29 is 4.79 Å². The molecule has 1 unspecified atom stereocenters. The fourth-order valence-corrected chi connectivity index (χ4v) is 2.62. The summed E-state index contributed by atoms with van der Waals surface area (Å²) in [6.07, 6.45) is 3.04. The molecular formula is C10H17ClN2O. The molecule has 0 aliphatic carbocycles. The molecule has 0 saturated carbocycles. The Hall–Kier alpha value is -0.280. The summed E-state index contributed by atoms with van der Waals surface area (Å²) in [6.45, 7) is 4.10. The van der Waals surface area contributed by atoms with E-state index in [1.807, 2.05) is 4.90 Å². The zero-order valence-corrected chi connectivity index (χ0v) is 9.17. The first kappa shape index (κ1) is 10.2. The number of nitrogens with zero attached hydrogens (tertiary/aromatic N) is 2. The van der Waals surface area contributed by atoms with E-state index in [0.717, 1.165) is 19.6 Å². The Labute approximate surface area is 90.0 Å². The fourth-order valence-electron chi connectivity index (χ4n) is 2.46. The fraction of sp³-hybridized carbons (Fsp3) is 0.900. The molecule has 2 aliphatic rings. The third kappa shape index (κ3) is 2.04. The lowest BCUT2D eigenvalue weighted by molar-refractivity contribution is -0.133. The SMILES string of the molecule is O=C(CCCl)N1CCN2CCCC2C1. The van der Waals surface area contributed by atoms with Gasteiger partial charge in [-0.2, -0.15) is 0 Å². The van der Waals surface area contributed by atoms with Crippen LogP contribution in [-0.2, 0) is 4.79 Å². The minimum absolute atomic E-state index is 0.228. The molecule has 1 atom stereocenters. The minimum Gasteiger partial charge on any atom is -0.340 e. The number of halogens is 1. The second-order valence-corrected chi connectivity index (χ2v) is 4.49. The van der Waals surface area contributed by atoms with Crippen LogP contribution in [0.25, 0.3) is 0 Å². The second kappa shape index (κ2) is 4.49. The van der Waals surface area contributed by atoms with E-state index in [1.165, 1.54) is 19.4 Å². The predicted molar refractivity (Wildman–Crippen MR) is 56.5 cm³/mol. The van der Waals surface area contributed by atoms with Gasteiger partial charge in [0.1, 0.15) is 0 Å². The molecule has 2 fully saturated rings. The van der Waals surface area contributed by atoms with Gasteiger partial charge in [0.25, 0.3) is 0 Å². The van der Waals surface area contributed by atoms with Crippen LogP contribution in [-0.4, -0.2) is 53.8 Å². The molecule has 0 N–H and O–H groups in total. The predicted octanol–water partition coefficient (Wildman–Crippen LogP) is 0.922. The summed E-state index contributed by atoms with van der Waals surface area (Å²) in [5, 5.41) is 0. The quantitative estimate of drug-likeness (QED) is 0.641. The van der Waals surface area contributed by atoms with Crippen molar-refractivity contribution in [2.24, 2.45) is 0 Å². The highest BCUT2D eigenvalue weighted by molar-refractivity contribution is 6.18. The number of carbonyl (C=O) groups excluding carboxylic acids is 1. The van der Waals surface area contributed by atoms with Crippen molar-refractivity contribution in [3.8, 4) is 0 Å². The normalized spacial score (nSPS) is 27.8. The van der Waals surface area contributed by atoms with E-state index in [2.05, 4.69) is 4.90 Å². The van der Waals surface area contributed by atoms with Crippen LogP contribution in [0.2, 0.25) is 0 Å². The summed E-state index contributed by atoms with van der Waals surface area (Å²) in [4.78, 5) is 16.1. The van der Waals surface area contributed by atoms with Crippen molar-refractivity contribution in [2.75, 3.05) is 32.1 Å². The molecule has 0 aromatic rings. The number of hydrogen-bond donors (Lipinski definition) is 0. The van der Waals surface area contributed by atoms with Gasteiger partial charge in [-0.3, -0.25) is 9.69 Å². The van der Waals surface area contributed by atoms with Gasteiger partial charge in [-0.1, -0.05) is 0 Å². The van der Waals surface area contributed by atoms with Crippen molar-refractivity contribution >= 4 is 17.5 Å². The first-order chi connectivity index (χ1) is 6.81. The standard InChI is InChI=1S/C10H17ClN2O/c11-4-3-10(14)13-7-6-12-5-1-2-9(12)8-13/h9H,1-8H2. The molecule has 0 bridgehead atoms. The topological polar surface area (TPSA) is 23.6 Å². The van der Waals surface area contributed by atoms with Gasteiger partial charge in [0.15, 0.2) is 0 Å². The third-order valence-corrected chi connectivity index (χ3v) is 3.44. The molecule has 4 heteroatoms. The van der Waals surface area contributed by atoms with Gasteiger partial charge in [0, 0.05) is 38.0 Å². The highest BCUT2D eigenvalue weighted by Crippen LogP contribution is 2.21. The van der Waals surface area contributed by atoms with Crippen LogP contribution in [0.3, 0.4) is 0 Å². The maximum absolute atomic E-state index is 11.6. The van der Waals surface area contributed by atoms with Crippen LogP contribution < -0.4 is 0 Å². The number of fused-ring (bicyclic) bond motifs is 1. The maximum Gasteiger partial charge on any atom is 0.223 e. The van der Waals surface area contributed by atoms with E-state index >= 15 is 0 Å². The van der Waals surface area contributed by atoms with E-state index in [9.17, 15) is 4.79 Å². The number of piperazine rings is 1. The van der Waals surface area contributed by atoms with Gasteiger partial charge in [0.2, 0.25) is 5.91 Å². The van der Waals surface area contributed by atoms with E-state index in [-0.39, 0.29) is 5.91 Å². The molecule has 2 rings (SSSR count). The first-order valence-electron chi connectivity index (χ1n) is 5.39. The van der Waals surface area contributed by atoms with Crippen molar-refractivity contribution in [1.29, 1.82) is 0 Å². The molecular weight excluding hydrogens is 200 g/mol. The molecule has 0 radical (unpaired) electrons. The van der Waals surface area contributed by atoms with Gasteiger partial charge >= 0.3 is 0 Å². The Morgan fingerprint density at radius 2 is 2.21 bits per heavy atom. The lowest BCUT2D eigenvalue weighted by atomic mass is 10.1. The van der Waals surface area contributed by atoms with Crippen molar-refractivity contribution in [3.05, 3.63) is 0 Å². The molecule has 0 aromatic heterocycles. The van der Waals surface area contributed by atoms with Crippen LogP contribution in [0.1, 0.15) is 19.3 Å². The lowest BCUT2D eigenvalue weighted by Gasteiger charge is -2.37. The summed E-state index contributed by atoms with van der Waals surface area (Å²) in [5.74, 6) is 0.676. The molecule has 80 valence electrons. The largest absolute Gasteiger partial charge is 0.340 e. The monoisotopic (exact) mass is 216 g/mol. The zero-order valence-electron chi connectivity index (χ0n) is 8.41. The summed E-state index contributed by atoms with van der Waals surface area (Å²) in [7, 11) is 0. The first-order valence-corrected chi connectivity index (χ1v) is 5.92. The molecule has 1 amide bonds. The number of alkyl halides is 1. The van der Waals surface area contributed by atoms with Gasteiger partial charge < -0.3 is 4.90 Å². The van der Waals surface area contributed by atoms with Gasteiger partial charge in [-0.25, -0.2) is 0 Å². The van der Waals surface area contributed by atoms with Crippen LogP contribution in [0.15, 0.2) is 0 Å². The molecule has 2 heterocycles. The Balaban J connectivity index is 1.87. The highest BCUT2D eigenvalue weighted by atomic mass is 35.5. The molecule has 2 saturated heterocycles. The average molecular weight is 217 g/mol. The molecule has 0 spiro atoms. The molecule has 3 nitrogen and oxygen atoms in total. The smallest absolute Gasteiger partial charge is 0.223 e. The summed E-state index contributed by atoms with van der Waals surface area (Å²) >= 11 is 5.57. The summed E-state index contributed by atoms with van der Waals surface area (Å²) < 4.78 is 0. The van der Waals surface area contributed by atoms with E-state index in [4.69, 9.17) is 11.6 Å². The Kier molecular flexibility index (Phi) is 3.29. The van der Waals surface area contributed by atoms with E-state index in [0.29, 0.717) is 18.3 Å². The van der Waals surface area contributed by atoms with Crippen LogP contribution >= 0.6 is 11.6 Å². The van der Waals surface area contributed by atoms with Crippen molar-refractivity contribution in [2.45, 2.75) is 25.3 Å². The Bertz CT molecular complexity index is 222. The zero-order chi connectivity index (χ0) is 9.97. The average Bonchev–Trinajstić information content (AvgIpc) is 2.64. The molecule has 2 aliphatic heterocycles. The third-order valence-electron chi connectivity index (χ3n) is 3.25. The van der Waals surface area contributed by atoms with Gasteiger partial charge in [-0.05, 0) is 19.4 Å². The van der Waals surface area contributed by atoms with Crippen LogP contribution in [0.4, 0.5) is 0 Å². The van der Waals surface area contributed by atoms with E-state index < -0.39 is 0 Å². The van der Waals surface area contributed by atoms with Gasteiger partial charge in [-0.15, -0.1) is 11.6 Å². The van der Waals surface area contributed by atoms with Crippen LogP contribution in [0.5, 0.6) is 0 Å². The number of hydrogen-bond acceptors (Lipinski definition) is 2. The molecule has 0 aromatic carbocycles. The summed E-state index contributed by atoms with van der Waals surface area (Å²) in [6, 6.07) is 0.628. The van der Waals surface area contributed by atoms with Crippen molar-refractivity contribution in [1.82, 2.24) is 9.80 Å². The maximum atomic E-state index is 11.6. The van der Waals surface area contributed by atoms with Crippen molar-refractivity contribution in [3.63, 3.8) is 0 Å². The lowest BCUT2D eigenvalue weighted by Crippen LogP contribution is -2.52. The molecule has 14 heavy (non-hydrogen) atoms. The van der Waals surface area contributed by atoms with Crippen LogP contribution in [0, 0.1) is 0 Å². The number of rotatable bonds is 2. The van der Waals surface area contributed by atoms with Gasteiger partial charge in [0.05, 0.1) is 0 Å². The Morgan fingerprint density at radius 1 is 1.36 bits per heavy atom. The number of amides is 1. The minimum atomic E-state index is 0.228. The van der Waals surface area contributed by atoms with E-state index in [1.54, 1.807) is 0 Å². The number of carbonyl (C=O) groups is 1. The Morgan fingerprint density at radius 3 is 3.00 bits per heavy atom. The highest BCUT2D eigenvalue weighted by Gasteiger charge is 2.31. The summed E-state index contributed by atoms with van der Waals surface area (Å²) in [5.41, 5.74) is 0.